The Morgan fingerprint density at radius 2 is 1.07 bits per heavy atom. The molecule has 3 fully saturated rings. The van der Waals surface area contributed by atoms with Crippen molar-refractivity contribution in [2.24, 2.45) is 0 Å². The van der Waals surface area contributed by atoms with Gasteiger partial charge in [-0.1, -0.05) is 36.4 Å². The van der Waals surface area contributed by atoms with Gasteiger partial charge in [-0.25, -0.2) is 16.8 Å². The predicted molar refractivity (Wildman–Crippen MR) is 287 cm³/mol. The summed E-state index contributed by atoms with van der Waals surface area (Å²) in [5.41, 5.74) is 1.68. The quantitative estimate of drug-likeness (QED) is 0.0912. The van der Waals surface area contributed by atoms with Crippen LogP contribution < -0.4 is 39.4 Å². The summed E-state index contributed by atoms with van der Waals surface area (Å²) in [7, 11) is -10.4. The number of hydrogen-bond donors (Lipinski definition) is 3. The summed E-state index contributed by atoms with van der Waals surface area (Å²) in [6.07, 6.45) is 6.61. The molecule has 6 aromatic rings. The zero-order valence-corrected chi connectivity index (χ0v) is 49.3. The smallest absolute Gasteiger partial charge is 1.00 e. The van der Waals surface area contributed by atoms with E-state index in [1.807, 2.05) is 65.6 Å². The molecule has 0 spiro atoms. The molecule has 75 heavy (non-hydrogen) atoms. The standard InChI is InChI=1S/C23H28N2O5S2.C18H24N2O4S2.C6H8O4S.C4H8O.Na.H/c1-23(2,26)18-7-9-19(10-8-18)25-12-11-24(32(27,28)22-6-4-14-31-22)15-20(25)16-29-17-21-5-3-13-30-21;1-18(2,22)14-5-7-15(8-6-14)20-10-9-19(12-16(20)13-21)26(23,24)17-4-3-11-25-17;1-11(7,8)10-5-6-3-2-4-9-6;1-2-4-5-3-1;;/h3-10,13-14,20,26H,11-12,15-17H2,1-2H3;3-8,11,16,21-22H,9-10,12-13H2,1-2H3;2-4H,5H2,1H3;1-4H2;;/q;;;;+1;-1/t20-;16-;;;;/m11..../s1. The Balaban J connectivity index is 0.000000252. The summed E-state index contributed by atoms with van der Waals surface area (Å²) in [5, 5.41) is 33.7. The second-order valence-electron chi connectivity index (χ2n) is 18.6. The maximum absolute atomic E-state index is 13.1. The largest absolute Gasteiger partial charge is 1.00 e. The van der Waals surface area contributed by atoms with Crippen molar-refractivity contribution in [3.8, 4) is 0 Å². The Hall–Kier alpha value is -3.47. The number of thiophene rings is 2. The van der Waals surface area contributed by atoms with Crippen molar-refractivity contribution in [2.75, 3.05) is 81.8 Å². The van der Waals surface area contributed by atoms with Gasteiger partial charge in [0.05, 0.1) is 55.3 Å². The van der Waals surface area contributed by atoms with Gasteiger partial charge in [-0.15, -0.1) is 22.7 Å². The van der Waals surface area contributed by atoms with Gasteiger partial charge in [0.15, 0.2) is 0 Å². The van der Waals surface area contributed by atoms with E-state index in [-0.39, 0.29) is 62.8 Å². The van der Waals surface area contributed by atoms with Crippen molar-refractivity contribution in [3.63, 3.8) is 0 Å². The fourth-order valence-electron chi connectivity index (χ4n) is 8.03. The molecule has 0 aliphatic carbocycles. The fraction of sp³-hybridized carbons (Fsp3) is 0.451. The summed E-state index contributed by atoms with van der Waals surface area (Å²) in [6.45, 7) is 11.8. The zero-order chi connectivity index (χ0) is 53.6. The SMILES string of the molecule is C1CCOC1.CC(C)(O)c1ccc(N2CCN(S(=O)(=O)c3cccs3)C[C@@H]2CO)cc1.CC(C)(O)c1ccc(N2CCN(S(=O)(=O)c3cccs3)C[C@@H]2COCc2ccco2)cc1.CS(=O)(=O)OCc1ccco1.[H-].[Na+]. The third-order valence-corrected chi connectivity index (χ3v) is 19.1. The molecular weight excluding hydrogens is 1080 g/mol. The van der Waals surface area contributed by atoms with Crippen molar-refractivity contribution >= 4 is 64.2 Å². The van der Waals surface area contributed by atoms with E-state index in [1.54, 1.807) is 85.4 Å². The number of hydrogen-bond acceptors (Lipinski definition) is 18. The molecule has 408 valence electrons. The summed E-state index contributed by atoms with van der Waals surface area (Å²) in [4.78, 5) is 4.20. The molecule has 18 nitrogen and oxygen atoms in total. The molecule has 7 heterocycles. The molecule has 3 aliphatic heterocycles. The van der Waals surface area contributed by atoms with Crippen molar-refractivity contribution in [3.05, 3.63) is 143 Å². The monoisotopic (exact) mass is 1140 g/mol. The van der Waals surface area contributed by atoms with E-state index in [4.69, 9.17) is 18.3 Å². The van der Waals surface area contributed by atoms with Gasteiger partial charge < -0.3 is 44.9 Å². The van der Waals surface area contributed by atoms with Crippen LogP contribution in [0.4, 0.5) is 11.4 Å². The first kappa shape index (κ1) is 62.4. The Kier molecular flexibility index (Phi) is 23.6. The van der Waals surface area contributed by atoms with Gasteiger partial charge >= 0.3 is 29.6 Å². The number of rotatable bonds is 16. The Morgan fingerprint density at radius 1 is 0.627 bits per heavy atom. The van der Waals surface area contributed by atoms with E-state index >= 15 is 0 Å². The van der Waals surface area contributed by atoms with E-state index < -0.39 is 41.4 Å². The molecule has 24 heteroatoms. The number of anilines is 2. The minimum atomic E-state index is -3.53. The molecule has 0 bridgehead atoms. The van der Waals surface area contributed by atoms with Crippen LogP contribution in [0, 0.1) is 0 Å². The average molecular weight is 1150 g/mol. The molecule has 3 saturated heterocycles. The van der Waals surface area contributed by atoms with Gasteiger partial charge in [0.2, 0.25) is 0 Å². The summed E-state index contributed by atoms with van der Waals surface area (Å²) < 4.78 is 102. The summed E-state index contributed by atoms with van der Waals surface area (Å²) in [6, 6.07) is 28.5. The van der Waals surface area contributed by atoms with Gasteiger partial charge in [-0.05, 0) is 123 Å². The number of ether oxygens (including phenoxy) is 2. The molecule has 4 aromatic heterocycles. The maximum Gasteiger partial charge on any atom is 1.00 e. The normalized spacial score (nSPS) is 17.9. The molecule has 9 rings (SSSR count). The van der Waals surface area contributed by atoms with Gasteiger partial charge in [0, 0.05) is 63.9 Å². The first-order valence-corrected chi connectivity index (χ1v) is 30.4. The number of sulfonamides is 2. The molecule has 0 radical (unpaired) electrons. The van der Waals surface area contributed by atoms with Crippen LogP contribution in [0.15, 0.2) is 138 Å². The number of piperazine rings is 2. The summed E-state index contributed by atoms with van der Waals surface area (Å²) in [5.74, 6) is 1.22. The second-order valence-corrected chi connectivity index (χ2v) is 26.5. The van der Waals surface area contributed by atoms with Gasteiger partial charge in [0.1, 0.15) is 33.2 Å². The van der Waals surface area contributed by atoms with Crippen LogP contribution in [0.2, 0.25) is 0 Å². The van der Waals surface area contributed by atoms with Crippen molar-refractivity contribution in [1.82, 2.24) is 8.61 Å². The van der Waals surface area contributed by atoms with Crippen molar-refractivity contribution in [1.29, 1.82) is 0 Å². The molecule has 0 amide bonds. The second kappa shape index (κ2) is 28.4. The molecule has 2 atom stereocenters. The van der Waals surface area contributed by atoms with Crippen LogP contribution in [0.3, 0.4) is 0 Å². The first-order valence-electron chi connectivity index (χ1n) is 24.0. The number of nitrogens with zero attached hydrogens (tertiary/aromatic N) is 4. The topological polar surface area (TPSA) is 230 Å². The van der Waals surface area contributed by atoms with E-state index in [2.05, 4.69) is 9.08 Å². The summed E-state index contributed by atoms with van der Waals surface area (Å²) >= 11 is 2.44. The first-order chi connectivity index (χ1) is 35.1. The van der Waals surface area contributed by atoms with Crippen LogP contribution >= 0.6 is 22.7 Å². The van der Waals surface area contributed by atoms with Crippen LogP contribution in [0.5, 0.6) is 0 Å². The van der Waals surface area contributed by atoms with Crippen molar-refractivity contribution in [2.45, 2.75) is 85.5 Å². The van der Waals surface area contributed by atoms with Gasteiger partial charge in [-0.2, -0.15) is 17.0 Å². The van der Waals surface area contributed by atoms with Gasteiger partial charge in [-0.3, -0.25) is 4.18 Å². The minimum absolute atomic E-state index is 0. The Labute approximate surface area is 473 Å². The van der Waals surface area contributed by atoms with E-state index in [1.165, 1.54) is 46.1 Å². The molecular formula is C51H69N4NaO14S5. The van der Waals surface area contributed by atoms with Crippen LogP contribution in [-0.4, -0.2) is 133 Å². The third kappa shape index (κ3) is 18.6. The van der Waals surface area contributed by atoms with Crippen LogP contribution in [0.25, 0.3) is 0 Å². The predicted octanol–water partition coefficient (Wildman–Crippen LogP) is 4.18. The Morgan fingerprint density at radius 3 is 1.43 bits per heavy atom. The van der Waals surface area contributed by atoms with E-state index in [9.17, 15) is 40.6 Å². The third-order valence-electron chi connectivity index (χ3n) is 12.0. The average Bonchev–Trinajstić information content (AvgIpc) is 4.23. The zero-order valence-electron chi connectivity index (χ0n) is 44.3. The maximum atomic E-state index is 13.1. The van der Waals surface area contributed by atoms with Crippen LogP contribution in [0.1, 0.15) is 64.6 Å². The van der Waals surface area contributed by atoms with E-state index in [0.717, 1.165) is 47.7 Å². The number of benzene rings is 2. The van der Waals surface area contributed by atoms with E-state index in [0.29, 0.717) is 60.1 Å². The molecule has 0 unspecified atom stereocenters. The number of furan rings is 2. The number of aliphatic hydroxyl groups excluding tert-OH is 1. The Bertz CT molecular complexity index is 2890. The van der Waals surface area contributed by atoms with Gasteiger partial charge in [0.25, 0.3) is 30.2 Å². The molecule has 3 aliphatic rings. The molecule has 0 saturated carbocycles. The fourth-order valence-corrected chi connectivity index (χ4v) is 13.6. The number of aliphatic hydroxyl groups is 3. The van der Waals surface area contributed by atoms with Crippen molar-refractivity contribution < 1.29 is 94.0 Å². The molecule has 2 aromatic carbocycles. The minimum Gasteiger partial charge on any atom is -1.00 e. The molecule has 3 N–H and O–H groups in total. The van der Waals surface area contributed by atoms with Crippen LogP contribution in [-0.2, 0) is 68.2 Å².